The smallest absolute Gasteiger partial charge is 0.240 e. The highest BCUT2D eigenvalue weighted by molar-refractivity contribution is 7.91. The van der Waals surface area contributed by atoms with Gasteiger partial charge >= 0.3 is 0 Å². The van der Waals surface area contributed by atoms with Gasteiger partial charge in [0, 0.05) is 26.2 Å². The number of nitrogens with zero attached hydrogens (tertiary/aromatic N) is 5. The molecule has 34 heavy (non-hydrogen) atoms. The number of carbonyl (C=O) groups is 1. The fourth-order valence-electron chi connectivity index (χ4n) is 5.01. The topological polar surface area (TPSA) is 100 Å². The van der Waals surface area contributed by atoms with Crippen LogP contribution in [0.1, 0.15) is 29.4 Å². The molecule has 0 radical (unpaired) electrons. The zero-order valence-corrected chi connectivity index (χ0v) is 21.4. The lowest BCUT2D eigenvalue weighted by Gasteiger charge is -2.35. The van der Waals surface area contributed by atoms with Crippen molar-refractivity contribution in [3.05, 3.63) is 35.2 Å². The number of sulfone groups is 1. The van der Waals surface area contributed by atoms with E-state index in [9.17, 15) is 13.2 Å². The quantitative estimate of drug-likeness (QED) is 0.572. The molecule has 1 unspecified atom stereocenters. The van der Waals surface area contributed by atoms with Crippen molar-refractivity contribution in [3.63, 3.8) is 0 Å². The van der Waals surface area contributed by atoms with Gasteiger partial charge in [0.2, 0.25) is 5.91 Å². The van der Waals surface area contributed by atoms with Gasteiger partial charge < -0.3 is 10.2 Å². The Morgan fingerprint density at radius 2 is 1.94 bits per heavy atom. The third-order valence-corrected chi connectivity index (χ3v) is 9.37. The van der Waals surface area contributed by atoms with Crippen LogP contribution >= 0.6 is 11.3 Å². The molecule has 0 aliphatic carbocycles. The third-order valence-electron chi connectivity index (χ3n) is 6.69. The standard InChI is InChI=1S/C23H30N6O3S2/c1-15-4-5-19-20(12-15)33-23(24-19)25-21(30)13-27-7-9-28(10-8-27)22-16(2)26-29(17(22)3)18-6-11-34(31,32)14-18/h4-5,12,18H,6-11,13-14H2,1-3H3,(H,24,25,30). The van der Waals surface area contributed by atoms with Crippen LogP contribution < -0.4 is 10.2 Å². The highest BCUT2D eigenvalue weighted by Crippen LogP contribution is 2.32. The van der Waals surface area contributed by atoms with Gasteiger partial charge in [0.15, 0.2) is 15.0 Å². The van der Waals surface area contributed by atoms with Gasteiger partial charge in [-0.2, -0.15) is 5.10 Å². The first-order valence-corrected chi connectivity index (χ1v) is 14.2. The highest BCUT2D eigenvalue weighted by atomic mass is 32.2. The number of thiazole rings is 1. The van der Waals surface area contributed by atoms with E-state index in [1.807, 2.05) is 37.6 Å². The number of amides is 1. The lowest BCUT2D eigenvalue weighted by molar-refractivity contribution is -0.117. The van der Waals surface area contributed by atoms with Gasteiger partial charge in [-0.1, -0.05) is 17.4 Å². The molecule has 1 N–H and O–H groups in total. The molecule has 2 saturated heterocycles. The third kappa shape index (κ3) is 4.69. The Bertz CT molecular complexity index is 1340. The first-order chi connectivity index (χ1) is 16.2. The minimum atomic E-state index is -2.96. The van der Waals surface area contributed by atoms with Crippen molar-refractivity contribution in [2.45, 2.75) is 33.2 Å². The van der Waals surface area contributed by atoms with E-state index >= 15 is 0 Å². The number of hydrogen-bond donors (Lipinski definition) is 1. The second kappa shape index (κ2) is 8.94. The maximum atomic E-state index is 12.6. The Balaban J connectivity index is 1.18. The number of fused-ring (bicyclic) bond motifs is 1. The van der Waals surface area contributed by atoms with E-state index in [0.29, 0.717) is 18.1 Å². The molecular weight excluding hydrogens is 472 g/mol. The molecule has 1 aromatic carbocycles. The molecule has 11 heteroatoms. The number of carbonyl (C=O) groups excluding carboxylic acids is 1. The summed E-state index contributed by atoms with van der Waals surface area (Å²) < 4.78 is 26.8. The lowest BCUT2D eigenvalue weighted by atomic mass is 10.2. The van der Waals surface area contributed by atoms with E-state index in [1.165, 1.54) is 16.9 Å². The largest absolute Gasteiger partial charge is 0.366 e. The van der Waals surface area contributed by atoms with Crippen LogP contribution in [0.25, 0.3) is 10.2 Å². The second-order valence-corrected chi connectivity index (χ2v) is 12.6. The predicted octanol–water partition coefficient (Wildman–Crippen LogP) is 2.54. The number of anilines is 2. The molecular formula is C23H30N6O3S2. The SMILES string of the molecule is Cc1ccc2nc(NC(=O)CN3CCN(c4c(C)nn(C5CCS(=O)(=O)C5)c4C)CC3)sc2c1. The molecule has 1 amide bonds. The van der Waals surface area contributed by atoms with Crippen LogP contribution in [-0.2, 0) is 14.6 Å². The molecule has 2 aromatic heterocycles. The van der Waals surface area contributed by atoms with Gasteiger partial charge in [0.1, 0.15) is 0 Å². The summed E-state index contributed by atoms with van der Waals surface area (Å²) in [6, 6.07) is 6.01. The summed E-state index contributed by atoms with van der Waals surface area (Å²) in [6.07, 6.45) is 0.626. The molecule has 0 spiro atoms. The van der Waals surface area contributed by atoms with Gasteiger partial charge in [-0.05, 0) is 44.9 Å². The summed E-state index contributed by atoms with van der Waals surface area (Å²) in [5.41, 5.74) is 5.13. The zero-order valence-electron chi connectivity index (χ0n) is 19.7. The number of hydrogen-bond acceptors (Lipinski definition) is 8. The molecule has 2 aliphatic rings. The summed E-state index contributed by atoms with van der Waals surface area (Å²) in [5, 5.41) is 8.28. The van der Waals surface area contributed by atoms with Crippen LogP contribution in [0.5, 0.6) is 0 Å². The van der Waals surface area contributed by atoms with Crippen LogP contribution in [0.15, 0.2) is 18.2 Å². The minimum Gasteiger partial charge on any atom is -0.366 e. The summed E-state index contributed by atoms with van der Waals surface area (Å²) in [4.78, 5) is 21.6. The molecule has 182 valence electrons. The number of aromatic nitrogens is 3. The summed E-state index contributed by atoms with van der Waals surface area (Å²) in [6.45, 7) is 9.53. The van der Waals surface area contributed by atoms with Gasteiger partial charge in [-0.3, -0.25) is 14.4 Å². The van der Waals surface area contributed by atoms with Gasteiger partial charge in [0.05, 0.1) is 51.4 Å². The number of benzene rings is 1. The fourth-order valence-corrected chi connectivity index (χ4v) is 7.68. The lowest BCUT2D eigenvalue weighted by Crippen LogP contribution is -2.49. The van der Waals surface area contributed by atoms with Crippen LogP contribution in [-0.4, -0.2) is 78.2 Å². The average molecular weight is 503 g/mol. The van der Waals surface area contributed by atoms with Crippen molar-refractivity contribution >= 4 is 48.1 Å². The highest BCUT2D eigenvalue weighted by Gasteiger charge is 2.32. The van der Waals surface area contributed by atoms with E-state index in [1.54, 1.807) is 0 Å². The maximum absolute atomic E-state index is 12.6. The zero-order chi connectivity index (χ0) is 24.0. The molecule has 2 aliphatic heterocycles. The molecule has 0 saturated carbocycles. The molecule has 4 heterocycles. The first-order valence-electron chi connectivity index (χ1n) is 11.6. The van der Waals surface area contributed by atoms with Crippen LogP contribution in [0, 0.1) is 20.8 Å². The van der Waals surface area contributed by atoms with Crippen molar-refractivity contribution in [1.29, 1.82) is 0 Å². The van der Waals surface area contributed by atoms with Crippen LogP contribution in [0.4, 0.5) is 10.8 Å². The Morgan fingerprint density at radius 1 is 1.18 bits per heavy atom. The number of nitrogens with one attached hydrogen (secondary N) is 1. The van der Waals surface area contributed by atoms with Gasteiger partial charge in [0.25, 0.3) is 0 Å². The summed E-state index contributed by atoms with van der Waals surface area (Å²) in [5.74, 6) is 0.362. The first kappa shape index (κ1) is 23.3. The average Bonchev–Trinajstić information content (AvgIpc) is 3.42. The molecule has 1 atom stereocenters. The van der Waals surface area contributed by atoms with E-state index in [0.717, 1.165) is 53.5 Å². The van der Waals surface area contributed by atoms with Crippen molar-refractivity contribution < 1.29 is 13.2 Å². The Kier molecular flexibility index (Phi) is 6.11. The Labute approximate surface area is 203 Å². The Hall–Kier alpha value is -2.50. The molecule has 3 aromatic rings. The molecule has 9 nitrogen and oxygen atoms in total. The summed E-state index contributed by atoms with van der Waals surface area (Å²) in [7, 11) is -2.96. The number of piperazine rings is 1. The number of rotatable bonds is 5. The van der Waals surface area contributed by atoms with Crippen molar-refractivity contribution in [3.8, 4) is 0 Å². The van der Waals surface area contributed by atoms with Crippen molar-refractivity contribution in [2.75, 3.05) is 54.4 Å². The van der Waals surface area contributed by atoms with E-state index in [2.05, 4.69) is 26.2 Å². The van der Waals surface area contributed by atoms with E-state index in [-0.39, 0.29) is 23.5 Å². The van der Waals surface area contributed by atoms with E-state index < -0.39 is 9.84 Å². The second-order valence-electron chi connectivity index (χ2n) is 9.32. The fraction of sp³-hybridized carbons (Fsp3) is 0.522. The van der Waals surface area contributed by atoms with E-state index in [4.69, 9.17) is 5.10 Å². The molecule has 2 fully saturated rings. The van der Waals surface area contributed by atoms with Crippen molar-refractivity contribution in [2.24, 2.45) is 0 Å². The van der Waals surface area contributed by atoms with Crippen LogP contribution in [0.2, 0.25) is 0 Å². The van der Waals surface area contributed by atoms with Crippen molar-refractivity contribution in [1.82, 2.24) is 19.7 Å². The molecule has 0 bridgehead atoms. The normalized spacial score (nSPS) is 20.8. The monoisotopic (exact) mass is 502 g/mol. The Morgan fingerprint density at radius 3 is 2.65 bits per heavy atom. The van der Waals surface area contributed by atoms with Gasteiger partial charge in [-0.15, -0.1) is 0 Å². The van der Waals surface area contributed by atoms with Gasteiger partial charge in [-0.25, -0.2) is 13.4 Å². The number of aryl methyl sites for hydroxylation is 2. The minimum absolute atomic E-state index is 0.0492. The summed E-state index contributed by atoms with van der Waals surface area (Å²) >= 11 is 1.50. The predicted molar refractivity (Wildman–Crippen MR) is 136 cm³/mol. The molecule has 5 rings (SSSR count). The maximum Gasteiger partial charge on any atom is 0.240 e. The van der Waals surface area contributed by atoms with Crippen LogP contribution in [0.3, 0.4) is 0 Å².